The summed E-state index contributed by atoms with van der Waals surface area (Å²) in [5, 5.41) is 13.6. The predicted octanol–water partition coefficient (Wildman–Crippen LogP) is 4.24. The molecule has 1 aromatic carbocycles. The Balaban J connectivity index is 1.97. The summed E-state index contributed by atoms with van der Waals surface area (Å²) in [5.74, 6) is 0.802. The van der Waals surface area contributed by atoms with E-state index in [4.69, 9.17) is 0 Å². The maximum atomic E-state index is 12.5. The predicted molar refractivity (Wildman–Crippen MR) is 82.6 cm³/mol. The van der Waals surface area contributed by atoms with Crippen LogP contribution in [0.4, 0.5) is 30.6 Å². The molecule has 0 amide bonds. The number of aromatic nitrogens is 3. The zero-order chi connectivity index (χ0) is 16.7. The smallest absolute Gasteiger partial charge is 0.369 e. The minimum absolute atomic E-state index is 0.227. The van der Waals surface area contributed by atoms with Crippen LogP contribution in [0.5, 0.6) is 0 Å². The van der Waals surface area contributed by atoms with E-state index in [0.29, 0.717) is 11.5 Å². The van der Waals surface area contributed by atoms with E-state index in [0.717, 1.165) is 37.9 Å². The minimum Gasteiger partial charge on any atom is -0.369 e. The van der Waals surface area contributed by atoms with Gasteiger partial charge >= 0.3 is 6.18 Å². The quantitative estimate of drug-likeness (QED) is 0.746. The third kappa shape index (κ3) is 5.39. The van der Waals surface area contributed by atoms with Gasteiger partial charge in [-0.2, -0.15) is 23.3 Å². The molecule has 23 heavy (non-hydrogen) atoms. The van der Waals surface area contributed by atoms with E-state index < -0.39 is 11.7 Å². The van der Waals surface area contributed by atoms with E-state index in [-0.39, 0.29) is 5.95 Å². The molecule has 8 heteroatoms. The fourth-order valence-corrected chi connectivity index (χ4v) is 1.90. The van der Waals surface area contributed by atoms with Crippen molar-refractivity contribution in [2.75, 3.05) is 17.2 Å². The molecule has 1 aromatic heterocycles. The summed E-state index contributed by atoms with van der Waals surface area (Å²) >= 11 is 0. The number of anilines is 3. The van der Waals surface area contributed by atoms with Gasteiger partial charge in [0.2, 0.25) is 5.95 Å². The topological polar surface area (TPSA) is 62.7 Å². The highest BCUT2D eigenvalue weighted by Gasteiger charge is 2.29. The molecule has 0 bridgehead atoms. The van der Waals surface area contributed by atoms with Gasteiger partial charge in [0.05, 0.1) is 11.8 Å². The van der Waals surface area contributed by atoms with E-state index in [1.807, 2.05) is 0 Å². The van der Waals surface area contributed by atoms with Gasteiger partial charge in [-0.05, 0) is 30.7 Å². The van der Waals surface area contributed by atoms with Crippen LogP contribution in [0.25, 0.3) is 0 Å². The zero-order valence-electron chi connectivity index (χ0n) is 12.7. The maximum Gasteiger partial charge on any atom is 0.416 e. The lowest BCUT2D eigenvalue weighted by molar-refractivity contribution is -0.137. The lowest BCUT2D eigenvalue weighted by atomic mass is 10.2. The van der Waals surface area contributed by atoms with Crippen molar-refractivity contribution in [3.63, 3.8) is 0 Å². The highest BCUT2D eigenvalue weighted by atomic mass is 19.4. The monoisotopic (exact) mass is 325 g/mol. The van der Waals surface area contributed by atoms with E-state index in [1.54, 1.807) is 0 Å². The average Bonchev–Trinajstić information content (AvgIpc) is 2.52. The Morgan fingerprint density at radius 1 is 1.09 bits per heavy atom. The second-order valence-corrected chi connectivity index (χ2v) is 5.00. The molecule has 0 aliphatic heterocycles. The Morgan fingerprint density at radius 3 is 2.48 bits per heavy atom. The molecule has 2 rings (SSSR count). The lowest BCUT2D eigenvalue weighted by Gasteiger charge is -2.09. The van der Waals surface area contributed by atoms with Crippen molar-refractivity contribution < 1.29 is 13.2 Å². The molecule has 0 saturated heterocycles. The first-order chi connectivity index (χ1) is 11.0. The van der Waals surface area contributed by atoms with Crippen molar-refractivity contribution in [2.24, 2.45) is 0 Å². The molecule has 0 radical (unpaired) electrons. The molecule has 5 nitrogen and oxygen atoms in total. The van der Waals surface area contributed by atoms with Crippen LogP contribution in [0, 0.1) is 0 Å². The van der Waals surface area contributed by atoms with Crippen molar-refractivity contribution in [1.82, 2.24) is 15.2 Å². The third-order valence-corrected chi connectivity index (χ3v) is 3.11. The normalized spacial score (nSPS) is 11.3. The molecule has 0 spiro atoms. The van der Waals surface area contributed by atoms with Gasteiger partial charge in [0.15, 0.2) is 5.82 Å². The first-order valence-electron chi connectivity index (χ1n) is 7.37. The lowest BCUT2D eigenvalue weighted by Crippen LogP contribution is -2.07. The number of alkyl halides is 3. The molecule has 2 N–H and O–H groups in total. The van der Waals surface area contributed by atoms with Crippen molar-refractivity contribution in [2.45, 2.75) is 32.4 Å². The van der Waals surface area contributed by atoms with Gasteiger partial charge in [-0.25, -0.2) is 0 Å². The highest BCUT2D eigenvalue weighted by molar-refractivity contribution is 5.54. The molecule has 0 aliphatic rings. The van der Waals surface area contributed by atoms with Crippen LogP contribution < -0.4 is 10.6 Å². The van der Waals surface area contributed by atoms with Crippen LogP contribution in [0.2, 0.25) is 0 Å². The molecule has 0 fully saturated rings. The van der Waals surface area contributed by atoms with Crippen molar-refractivity contribution in [3.8, 4) is 0 Å². The molecule has 0 unspecified atom stereocenters. The molecule has 0 saturated carbocycles. The Hall–Kier alpha value is -2.38. The third-order valence-electron chi connectivity index (χ3n) is 3.11. The Kier molecular flexibility index (Phi) is 5.72. The molecular formula is C15H18F3N5. The van der Waals surface area contributed by atoms with Gasteiger partial charge in [0.25, 0.3) is 0 Å². The molecule has 2 aromatic rings. The summed E-state index contributed by atoms with van der Waals surface area (Å²) < 4.78 is 37.5. The maximum absolute atomic E-state index is 12.5. The van der Waals surface area contributed by atoms with E-state index in [9.17, 15) is 13.2 Å². The second-order valence-electron chi connectivity index (χ2n) is 5.00. The van der Waals surface area contributed by atoms with Gasteiger partial charge in [0.1, 0.15) is 0 Å². The minimum atomic E-state index is -4.35. The summed E-state index contributed by atoms with van der Waals surface area (Å²) in [6.45, 7) is 2.91. The Labute approximate surface area is 132 Å². The van der Waals surface area contributed by atoms with Crippen LogP contribution in [0.3, 0.4) is 0 Å². The van der Waals surface area contributed by atoms with Crippen LogP contribution in [-0.4, -0.2) is 21.7 Å². The summed E-state index contributed by atoms with van der Waals surface area (Å²) in [6.07, 6.45) is 0.442. The van der Waals surface area contributed by atoms with Crippen LogP contribution in [0.15, 0.2) is 30.5 Å². The summed E-state index contributed by atoms with van der Waals surface area (Å²) in [4.78, 5) is 4.22. The standard InChI is InChI=1S/C15H18F3N5/c1-2-3-4-9-19-13-10-20-23-14(22-13)21-12-7-5-11(6-8-12)15(16,17)18/h5-8,10H,2-4,9H2,1H3,(H2,19,21,22,23). The average molecular weight is 325 g/mol. The van der Waals surface area contributed by atoms with Gasteiger partial charge in [-0.1, -0.05) is 19.8 Å². The number of hydrogen-bond donors (Lipinski definition) is 2. The van der Waals surface area contributed by atoms with Gasteiger partial charge in [0, 0.05) is 12.2 Å². The number of nitrogens with zero attached hydrogens (tertiary/aromatic N) is 3. The van der Waals surface area contributed by atoms with Gasteiger partial charge in [-0.3, -0.25) is 0 Å². The highest BCUT2D eigenvalue weighted by Crippen LogP contribution is 2.30. The second kappa shape index (κ2) is 7.75. The first-order valence-corrected chi connectivity index (χ1v) is 7.37. The van der Waals surface area contributed by atoms with Crippen LogP contribution >= 0.6 is 0 Å². The number of unbranched alkanes of at least 4 members (excludes halogenated alkanes) is 2. The van der Waals surface area contributed by atoms with E-state index >= 15 is 0 Å². The largest absolute Gasteiger partial charge is 0.416 e. The molecule has 0 aliphatic carbocycles. The molecule has 124 valence electrons. The number of hydrogen-bond acceptors (Lipinski definition) is 5. The van der Waals surface area contributed by atoms with Crippen molar-refractivity contribution >= 4 is 17.5 Å². The SMILES string of the molecule is CCCCCNc1cnnc(Nc2ccc(C(F)(F)F)cc2)n1. The Morgan fingerprint density at radius 2 is 1.83 bits per heavy atom. The van der Waals surface area contributed by atoms with E-state index in [1.165, 1.54) is 18.3 Å². The van der Waals surface area contributed by atoms with Crippen LogP contribution in [-0.2, 0) is 6.18 Å². The summed E-state index contributed by atoms with van der Waals surface area (Å²) in [7, 11) is 0. The number of rotatable bonds is 7. The Bertz CT molecular complexity index is 613. The van der Waals surface area contributed by atoms with Crippen molar-refractivity contribution in [3.05, 3.63) is 36.0 Å². The number of nitrogens with one attached hydrogen (secondary N) is 2. The zero-order valence-corrected chi connectivity index (χ0v) is 12.7. The van der Waals surface area contributed by atoms with Crippen LogP contribution in [0.1, 0.15) is 31.7 Å². The van der Waals surface area contributed by atoms with Gasteiger partial charge in [-0.15, -0.1) is 5.10 Å². The number of halogens is 3. The fraction of sp³-hybridized carbons (Fsp3) is 0.400. The molecule has 1 heterocycles. The first kappa shape index (κ1) is 17.0. The molecular weight excluding hydrogens is 307 g/mol. The fourth-order valence-electron chi connectivity index (χ4n) is 1.90. The summed E-state index contributed by atoms with van der Waals surface area (Å²) in [5.41, 5.74) is -0.239. The van der Waals surface area contributed by atoms with E-state index in [2.05, 4.69) is 32.7 Å². The molecule has 0 atom stereocenters. The van der Waals surface area contributed by atoms with Gasteiger partial charge < -0.3 is 10.6 Å². The number of benzene rings is 1. The summed E-state index contributed by atoms with van der Waals surface area (Å²) in [6, 6.07) is 4.66. The van der Waals surface area contributed by atoms with Crippen molar-refractivity contribution in [1.29, 1.82) is 0 Å².